The first kappa shape index (κ1) is 15.4. The molecule has 1 atom stereocenters. The van der Waals surface area contributed by atoms with Gasteiger partial charge in [-0.15, -0.1) is 0 Å². The van der Waals surface area contributed by atoms with Crippen molar-refractivity contribution in [1.82, 2.24) is 24.2 Å². The highest BCUT2D eigenvalue weighted by molar-refractivity contribution is 5.92. The molecular formula is C18H25N5O. The molecular weight excluding hydrogens is 302 g/mol. The van der Waals surface area contributed by atoms with Crippen LogP contribution in [0.5, 0.6) is 0 Å². The Morgan fingerprint density at radius 2 is 2.17 bits per heavy atom. The Hall–Kier alpha value is -2.11. The van der Waals surface area contributed by atoms with Gasteiger partial charge in [0.15, 0.2) is 0 Å². The van der Waals surface area contributed by atoms with E-state index in [2.05, 4.69) is 21.6 Å². The molecule has 0 bridgehead atoms. The van der Waals surface area contributed by atoms with Crippen LogP contribution in [0.3, 0.4) is 0 Å². The average Bonchev–Trinajstić information content (AvgIpc) is 3.22. The Morgan fingerprint density at radius 1 is 1.33 bits per heavy atom. The molecule has 1 unspecified atom stereocenters. The smallest absolute Gasteiger partial charge is 0.272 e. The Morgan fingerprint density at radius 3 is 2.83 bits per heavy atom. The van der Waals surface area contributed by atoms with Crippen molar-refractivity contribution in [3.05, 3.63) is 35.7 Å². The van der Waals surface area contributed by atoms with Gasteiger partial charge in [-0.1, -0.05) is 6.42 Å². The summed E-state index contributed by atoms with van der Waals surface area (Å²) in [5.74, 6) is 2.51. The first-order chi connectivity index (χ1) is 11.6. The molecule has 4 rings (SSSR count). The van der Waals surface area contributed by atoms with E-state index < -0.39 is 0 Å². The van der Waals surface area contributed by atoms with Crippen molar-refractivity contribution in [1.29, 1.82) is 0 Å². The molecule has 24 heavy (non-hydrogen) atoms. The van der Waals surface area contributed by atoms with Crippen LogP contribution in [0.1, 0.15) is 53.6 Å². The molecule has 1 amide bonds. The highest BCUT2D eigenvalue weighted by Gasteiger charge is 2.30. The first-order valence-electron chi connectivity index (χ1n) is 8.93. The number of hydrogen-bond acceptors (Lipinski definition) is 3. The fourth-order valence-electron chi connectivity index (χ4n) is 3.88. The third-order valence-corrected chi connectivity index (χ3v) is 5.61. The van der Waals surface area contributed by atoms with E-state index in [-0.39, 0.29) is 5.91 Å². The van der Waals surface area contributed by atoms with Crippen LogP contribution >= 0.6 is 0 Å². The number of amides is 1. The molecule has 3 heterocycles. The molecule has 0 radical (unpaired) electrons. The summed E-state index contributed by atoms with van der Waals surface area (Å²) in [5.41, 5.74) is 1.91. The van der Waals surface area contributed by atoms with E-state index in [1.165, 1.54) is 30.8 Å². The second kappa shape index (κ2) is 6.07. The second-order valence-corrected chi connectivity index (χ2v) is 7.24. The van der Waals surface area contributed by atoms with Gasteiger partial charge < -0.3 is 9.47 Å². The lowest BCUT2D eigenvalue weighted by Gasteiger charge is -2.27. The molecule has 2 aromatic rings. The molecule has 6 nitrogen and oxygen atoms in total. The van der Waals surface area contributed by atoms with Crippen molar-refractivity contribution < 1.29 is 4.79 Å². The van der Waals surface area contributed by atoms with Crippen LogP contribution in [0.25, 0.3) is 0 Å². The minimum atomic E-state index is 0.0964. The van der Waals surface area contributed by atoms with Gasteiger partial charge in [-0.05, 0) is 38.2 Å². The summed E-state index contributed by atoms with van der Waals surface area (Å²) in [7, 11) is 1.82. The van der Waals surface area contributed by atoms with Crippen molar-refractivity contribution >= 4 is 5.91 Å². The van der Waals surface area contributed by atoms with Gasteiger partial charge in [0, 0.05) is 50.7 Å². The van der Waals surface area contributed by atoms with E-state index in [1.807, 2.05) is 18.1 Å². The largest absolute Gasteiger partial charge is 0.337 e. The van der Waals surface area contributed by atoms with Gasteiger partial charge >= 0.3 is 0 Å². The summed E-state index contributed by atoms with van der Waals surface area (Å²) >= 11 is 0. The van der Waals surface area contributed by atoms with Crippen LogP contribution in [0.15, 0.2) is 18.5 Å². The van der Waals surface area contributed by atoms with Gasteiger partial charge in [0.25, 0.3) is 5.91 Å². The van der Waals surface area contributed by atoms with Gasteiger partial charge in [-0.25, -0.2) is 4.98 Å². The molecule has 1 saturated heterocycles. The fourth-order valence-corrected chi connectivity index (χ4v) is 3.88. The minimum absolute atomic E-state index is 0.0964. The zero-order valence-corrected chi connectivity index (χ0v) is 14.5. The Bertz CT molecular complexity index is 742. The quantitative estimate of drug-likeness (QED) is 0.866. The number of aromatic nitrogens is 4. The number of likely N-dealkylation sites (tertiary alicyclic amines) is 1. The van der Waals surface area contributed by atoms with Gasteiger partial charge in [0.2, 0.25) is 0 Å². The van der Waals surface area contributed by atoms with Crippen LogP contribution in [0.4, 0.5) is 0 Å². The van der Waals surface area contributed by atoms with E-state index in [0.717, 1.165) is 26.1 Å². The fraction of sp³-hybridized carbons (Fsp3) is 0.611. The maximum Gasteiger partial charge on any atom is 0.272 e. The van der Waals surface area contributed by atoms with Crippen LogP contribution in [0, 0.1) is 12.8 Å². The summed E-state index contributed by atoms with van der Waals surface area (Å²) in [5, 5.41) is 4.10. The van der Waals surface area contributed by atoms with Crippen LogP contribution < -0.4 is 0 Å². The number of hydrogen-bond donors (Lipinski definition) is 0. The summed E-state index contributed by atoms with van der Waals surface area (Å²) in [6.45, 7) is 4.78. The number of rotatable bonds is 4. The number of nitrogens with zero attached hydrogens (tertiary/aromatic N) is 5. The molecule has 1 saturated carbocycles. The first-order valence-corrected chi connectivity index (χ1v) is 8.93. The predicted octanol–water partition coefficient (Wildman–Crippen LogP) is 2.35. The zero-order chi connectivity index (χ0) is 16.7. The van der Waals surface area contributed by atoms with Crippen LogP contribution in [-0.2, 0) is 13.6 Å². The maximum absolute atomic E-state index is 12.6. The Kier molecular flexibility index (Phi) is 3.90. The second-order valence-electron chi connectivity index (χ2n) is 7.24. The highest BCUT2D eigenvalue weighted by Crippen LogP contribution is 2.36. The number of aryl methyl sites for hydroxylation is 2. The van der Waals surface area contributed by atoms with Crippen molar-refractivity contribution in [2.24, 2.45) is 13.0 Å². The van der Waals surface area contributed by atoms with Gasteiger partial charge in [0.05, 0.1) is 0 Å². The normalized spacial score (nSPS) is 21.2. The summed E-state index contributed by atoms with van der Waals surface area (Å²) < 4.78 is 4.05. The molecule has 0 spiro atoms. The SMILES string of the molecule is Cc1cnc(C2CCC2)n1CC1CCN(C(=O)c2ccnn2C)C1. The zero-order valence-electron chi connectivity index (χ0n) is 14.5. The summed E-state index contributed by atoms with van der Waals surface area (Å²) in [4.78, 5) is 19.2. The molecule has 6 heteroatoms. The lowest BCUT2D eigenvalue weighted by Crippen LogP contribution is -2.31. The van der Waals surface area contributed by atoms with Gasteiger partial charge in [-0.2, -0.15) is 5.10 Å². The van der Waals surface area contributed by atoms with Crippen molar-refractivity contribution in [3.8, 4) is 0 Å². The number of carbonyl (C=O) groups excluding carboxylic acids is 1. The standard InChI is InChI=1S/C18H25N5O/c1-13-10-19-17(15-4-3-5-15)23(13)12-14-7-9-22(11-14)18(24)16-6-8-20-21(16)2/h6,8,10,14-15H,3-5,7,9,11-12H2,1-2H3. The highest BCUT2D eigenvalue weighted by atomic mass is 16.2. The molecule has 2 fully saturated rings. The topological polar surface area (TPSA) is 56.0 Å². The third-order valence-electron chi connectivity index (χ3n) is 5.61. The lowest BCUT2D eigenvalue weighted by molar-refractivity contribution is 0.0775. The molecule has 0 N–H and O–H groups in total. The van der Waals surface area contributed by atoms with Gasteiger partial charge in [0.1, 0.15) is 11.5 Å². The average molecular weight is 327 g/mol. The summed E-state index contributed by atoms with van der Waals surface area (Å²) in [6, 6.07) is 1.80. The van der Waals surface area contributed by atoms with Gasteiger partial charge in [-0.3, -0.25) is 9.48 Å². The monoisotopic (exact) mass is 327 g/mol. The van der Waals surface area contributed by atoms with E-state index in [9.17, 15) is 4.79 Å². The molecule has 0 aromatic carbocycles. The third kappa shape index (κ3) is 2.64. The van der Waals surface area contributed by atoms with Crippen molar-refractivity contribution in [2.75, 3.05) is 13.1 Å². The van der Waals surface area contributed by atoms with E-state index in [1.54, 1.807) is 16.9 Å². The minimum Gasteiger partial charge on any atom is -0.337 e. The van der Waals surface area contributed by atoms with Crippen LogP contribution in [-0.4, -0.2) is 43.2 Å². The Labute approximate surface area is 142 Å². The molecule has 2 aromatic heterocycles. The summed E-state index contributed by atoms with van der Waals surface area (Å²) in [6.07, 6.45) is 8.61. The molecule has 1 aliphatic carbocycles. The predicted molar refractivity (Wildman–Crippen MR) is 90.8 cm³/mol. The van der Waals surface area contributed by atoms with E-state index in [4.69, 9.17) is 0 Å². The maximum atomic E-state index is 12.6. The van der Waals surface area contributed by atoms with Crippen molar-refractivity contribution in [2.45, 2.75) is 45.1 Å². The molecule has 2 aliphatic rings. The number of imidazole rings is 1. The Balaban J connectivity index is 1.44. The van der Waals surface area contributed by atoms with E-state index >= 15 is 0 Å². The molecule has 128 valence electrons. The molecule has 1 aliphatic heterocycles. The van der Waals surface area contributed by atoms with Crippen molar-refractivity contribution in [3.63, 3.8) is 0 Å². The number of carbonyl (C=O) groups is 1. The lowest BCUT2D eigenvalue weighted by atomic mass is 9.84. The van der Waals surface area contributed by atoms with Crippen LogP contribution in [0.2, 0.25) is 0 Å². The van der Waals surface area contributed by atoms with E-state index in [0.29, 0.717) is 17.5 Å².